The molecule has 1 heterocycles. The van der Waals surface area contributed by atoms with E-state index in [0.29, 0.717) is 0 Å². The summed E-state index contributed by atoms with van der Waals surface area (Å²) in [6.07, 6.45) is 0. The SMILES string of the molecule is c1cc(-c2ccc(N(c3ccc(-c4ccc5c6ccccc6c6ccccc6c5c4)cc3)c3ccc(-c4cccc5sc6ccccc6c45)cc3)cc2)cc(-c2cccc3ccccc23)c1. The Morgan fingerprint density at radius 1 is 0.242 bits per heavy atom. The lowest BCUT2D eigenvalue weighted by Crippen LogP contribution is -2.09. The van der Waals surface area contributed by atoms with Crippen LogP contribution in [0.2, 0.25) is 0 Å². The van der Waals surface area contributed by atoms with Crippen LogP contribution < -0.4 is 4.90 Å². The van der Waals surface area contributed by atoms with E-state index in [0.717, 1.165) is 17.1 Å². The van der Waals surface area contributed by atoms with Crippen LogP contribution in [0.5, 0.6) is 0 Å². The third-order valence-corrected chi connectivity index (χ3v) is 14.6. The number of anilines is 3. The Kier molecular flexibility index (Phi) is 9.11. The zero-order valence-corrected chi connectivity index (χ0v) is 36.8. The molecular formula is C64H41NS. The molecule has 66 heavy (non-hydrogen) atoms. The number of thiophene rings is 1. The molecule has 13 aromatic rings. The largest absolute Gasteiger partial charge is 0.311 e. The number of hydrogen-bond acceptors (Lipinski definition) is 2. The van der Waals surface area contributed by atoms with Gasteiger partial charge in [0, 0.05) is 37.2 Å². The minimum Gasteiger partial charge on any atom is -0.311 e. The molecule has 2 heteroatoms. The lowest BCUT2D eigenvalue weighted by molar-refractivity contribution is 1.28. The van der Waals surface area contributed by atoms with E-state index in [9.17, 15) is 0 Å². The van der Waals surface area contributed by atoms with Crippen LogP contribution in [0, 0.1) is 0 Å². The summed E-state index contributed by atoms with van der Waals surface area (Å²) >= 11 is 1.86. The molecule has 308 valence electrons. The van der Waals surface area contributed by atoms with Crippen LogP contribution in [-0.2, 0) is 0 Å². The molecule has 0 aliphatic carbocycles. The van der Waals surface area contributed by atoms with Crippen molar-refractivity contribution in [2.75, 3.05) is 4.90 Å². The number of hydrogen-bond donors (Lipinski definition) is 0. The van der Waals surface area contributed by atoms with Gasteiger partial charge in [0.2, 0.25) is 0 Å². The van der Waals surface area contributed by atoms with E-state index < -0.39 is 0 Å². The molecule has 0 atom stereocenters. The molecule has 0 bridgehead atoms. The van der Waals surface area contributed by atoms with Crippen LogP contribution in [-0.4, -0.2) is 0 Å². The Hall–Kier alpha value is -8.30. The fourth-order valence-electron chi connectivity index (χ4n) is 10.3. The summed E-state index contributed by atoms with van der Waals surface area (Å²) in [5.74, 6) is 0. The average molecular weight is 856 g/mol. The third kappa shape index (κ3) is 6.45. The molecule has 0 aliphatic rings. The first kappa shape index (κ1) is 38.2. The Bertz CT molecular complexity index is 3930. The molecule has 0 saturated carbocycles. The van der Waals surface area contributed by atoms with Crippen molar-refractivity contribution < 1.29 is 0 Å². The van der Waals surface area contributed by atoms with Crippen LogP contribution >= 0.6 is 11.3 Å². The summed E-state index contributed by atoms with van der Waals surface area (Å²) in [5.41, 5.74) is 13.0. The average Bonchev–Trinajstić information content (AvgIpc) is 3.78. The Morgan fingerprint density at radius 2 is 0.682 bits per heavy atom. The van der Waals surface area contributed by atoms with Gasteiger partial charge in [-0.3, -0.25) is 0 Å². The first-order chi connectivity index (χ1) is 32.7. The summed E-state index contributed by atoms with van der Waals surface area (Å²) < 4.78 is 2.63. The molecule has 0 amide bonds. The van der Waals surface area contributed by atoms with Gasteiger partial charge in [-0.25, -0.2) is 0 Å². The molecule has 0 fully saturated rings. The van der Waals surface area contributed by atoms with Crippen molar-refractivity contribution in [3.63, 3.8) is 0 Å². The lowest BCUT2D eigenvalue weighted by Gasteiger charge is -2.26. The molecule has 0 saturated heterocycles. The van der Waals surface area contributed by atoms with Gasteiger partial charge >= 0.3 is 0 Å². The van der Waals surface area contributed by atoms with E-state index in [-0.39, 0.29) is 0 Å². The summed E-state index contributed by atoms with van der Waals surface area (Å²) in [6.45, 7) is 0. The summed E-state index contributed by atoms with van der Waals surface area (Å²) in [6, 6.07) is 91.4. The van der Waals surface area contributed by atoms with E-state index >= 15 is 0 Å². The van der Waals surface area contributed by atoms with Gasteiger partial charge in [-0.1, -0.05) is 188 Å². The van der Waals surface area contributed by atoms with Crippen LogP contribution in [0.3, 0.4) is 0 Å². The monoisotopic (exact) mass is 855 g/mol. The molecule has 0 N–H and O–H groups in total. The highest BCUT2D eigenvalue weighted by Crippen LogP contribution is 2.43. The van der Waals surface area contributed by atoms with E-state index in [1.807, 2.05) is 11.3 Å². The molecule has 1 nitrogen and oxygen atoms in total. The van der Waals surface area contributed by atoms with Gasteiger partial charge in [0.15, 0.2) is 0 Å². The fourth-order valence-corrected chi connectivity index (χ4v) is 11.4. The maximum Gasteiger partial charge on any atom is 0.0462 e. The van der Waals surface area contributed by atoms with Crippen molar-refractivity contribution in [3.05, 3.63) is 249 Å². The smallest absolute Gasteiger partial charge is 0.0462 e. The molecule has 1 aromatic heterocycles. The standard InChI is InChI=1S/C64H41NS/c1-2-16-52-44(12-1)13-10-22-53(52)48-15-9-14-46(40-48)42-26-33-49(34-27-42)65(51-37-30-45(31-38-51)54-23-11-25-63-64(54)60-21-7-8-24-62(60)66-63)50-35-28-43(29-36-50)47-32-39-59-57-19-4-3-17-55(57)56-18-5-6-20-58(56)61(59)41-47/h1-41H. The van der Waals surface area contributed by atoms with Crippen molar-refractivity contribution in [3.8, 4) is 44.5 Å². The van der Waals surface area contributed by atoms with Crippen LogP contribution in [0.25, 0.3) is 108 Å². The highest BCUT2D eigenvalue weighted by Gasteiger charge is 2.17. The molecule has 0 aliphatic heterocycles. The van der Waals surface area contributed by atoms with E-state index in [4.69, 9.17) is 0 Å². The van der Waals surface area contributed by atoms with Gasteiger partial charge in [0.25, 0.3) is 0 Å². The minimum atomic E-state index is 1.10. The molecule has 13 rings (SSSR count). The van der Waals surface area contributed by atoms with Crippen molar-refractivity contribution in [1.82, 2.24) is 0 Å². The van der Waals surface area contributed by atoms with E-state index in [1.54, 1.807) is 0 Å². The zero-order chi connectivity index (χ0) is 43.6. The quantitative estimate of drug-likeness (QED) is 0.144. The maximum absolute atomic E-state index is 2.38. The topological polar surface area (TPSA) is 3.24 Å². The van der Waals surface area contributed by atoms with Crippen molar-refractivity contribution in [2.45, 2.75) is 0 Å². The van der Waals surface area contributed by atoms with Crippen molar-refractivity contribution >= 4 is 91.7 Å². The highest BCUT2D eigenvalue weighted by atomic mass is 32.1. The number of benzene rings is 12. The second-order valence-electron chi connectivity index (χ2n) is 17.2. The highest BCUT2D eigenvalue weighted by molar-refractivity contribution is 7.25. The summed E-state index contributed by atoms with van der Waals surface area (Å²) in [5, 5.41) is 12.9. The fraction of sp³-hybridized carbons (Fsp3) is 0. The number of fused-ring (bicyclic) bond motifs is 10. The first-order valence-electron chi connectivity index (χ1n) is 22.7. The minimum absolute atomic E-state index is 1.10. The predicted octanol–water partition coefficient (Wildman–Crippen LogP) is 18.8. The summed E-state index contributed by atoms with van der Waals surface area (Å²) in [7, 11) is 0. The second kappa shape index (κ2) is 15.7. The molecular weight excluding hydrogens is 815 g/mol. The van der Waals surface area contributed by atoms with E-state index in [1.165, 1.54) is 108 Å². The van der Waals surface area contributed by atoms with Crippen LogP contribution in [0.15, 0.2) is 249 Å². The Balaban J connectivity index is 0.893. The predicted molar refractivity (Wildman–Crippen MR) is 286 cm³/mol. The summed E-state index contributed by atoms with van der Waals surface area (Å²) in [4.78, 5) is 2.38. The third-order valence-electron chi connectivity index (χ3n) is 13.5. The molecule has 0 spiro atoms. The first-order valence-corrected chi connectivity index (χ1v) is 23.5. The van der Waals surface area contributed by atoms with Gasteiger partial charge in [-0.15, -0.1) is 11.3 Å². The van der Waals surface area contributed by atoms with Crippen molar-refractivity contribution in [2.24, 2.45) is 0 Å². The van der Waals surface area contributed by atoms with Gasteiger partial charge in [0.05, 0.1) is 0 Å². The van der Waals surface area contributed by atoms with Gasteiger partial charge < -0.3 is 4.90 Å². The van der Waals surface area contributed by atoms with Gasteiger partial charge in [-0.2, -0.15) is 0 Å². The Labute approximate surface area is 387 Å². The second-order valence-corrected chi connectivity index (χ2v) is 18.3. The molecule has 0 unspecified atom stereocenters. The molecule has 12 aromatic carbocycles. The zero-order valence-electron chi connectivity index (χ0n) is 36.0. The lowest BCUT2D eigenvalue weighted by atomic mass is 9.92. The van der Waals surface area contributed by atoms with Gasteiger partial charge in [-0.05, 0) is 148 Å². The van der Waals surface area contributed by atoms with Gasteiger partial charge in [0.1, 0.15) is 0 Å². The van der Waals surface area contributed by atoms with Crippen LogP contribution in [0.1, 0.15) is 0 Å². The normalized spacial score (nSPS) is 11.6. The Morgan fingerprint density at radius 3 is 1.35 bits per heavy atom. The van der Waals surface area contributed by atoms with Crippen molar-refractivity contribution in [1.29, 1.82) is 0 Å². The number of nitrogens with zero attached hydrogens (tertiary/aromatic N) is 1. The number of rotatable bonds is 7. The van der Waals surface area contributed by atoms with E-state index in [2.05, 4.69) is 254 Å². The molecule has 0 radical (unpaired) electrons. The maximum atomic E-state index is 2.38. The van der Waals surface area contributed by atoms with Crippen LogP contribution in [0.4, 0.5) is 17.1 Å².